The van der Waals surface area contributed by atoms with Crippen LogP contribution < -0.4 is 5.32 Å². The average molecular weight is 449 g/mol. The van der Waals surface area contributed by atoms with Crippen LogP contribution >= 0.6 is 0 Å². The van der Waals surface area contributed by atoms with E-state index in [2.05, 4.69) is 46.4 Å². The van der Waals surface area contributed by atoms with Crippen LogP contribution in [0.2, 0.25) is 0 Å². The van der Waals surface area contributed by atoms with Crippen LogP contribution in [0.3, 0.4) is 0 Å². The highest BCUT2D eigenvalue weighted by Gasteiger charge is 2.28. The average Bonchev–Trinajstić information content (AvgIpc) is 2.85. The number of nitrogens with one attached hydrogen (secondary N) is 1. The van der Waals surface area contributed by atoms with Crippen molar-refractivity contribution in [3.05, 3.63) is 71.3 Å². The van der Waals surface area contributed by atoms with E-state index in [4.69, 9.17) is 0 Å². The number of hydrogen-bond donors (Lipinski definition) is 1. The maximum atomic E-state index is 12.9. The molecule has 6 nitrogen and oxygen atoms in total. The first kappa shape index (κ1) is 23.5. The van der Waals surface area contributed by atoms with Crippen molar-refractivity contribution in [2.24, 2.45) is 5.92 Å². The Labute approximate surface area is 197 Å². The number of rotatable bonds is 7. The maximum Gasteiger partial charge on any atom is 0.227 e. The number of likely N-dealkylation sites (tertiary alicyclic amines) is 1. The van der Waals surface area contributed by atoms with Crippen LogP contribution in [-0.2, 0) is 29.1 Å². The third-order valence-electron chi connectivity index (χ3n) is 6.80. The molecule has 0 bridgehead atoms. The number of carbonyl (C=O) groups is 2. The lowest BCUT2D eigenvalue weighted by Crippen LogP contribution is -2.45. The predicted molar refractivity (Wildman–Crippen MR) is 131 cm³/mol. The summed E-state index contributed by atoms with van der Waals surface area (Å²) in [5.74, 6) is 0.0268. The van der Waals surface area contributed by atoms with Gasteiger partial charge in [-0.05, 0) is 36.6 Å². The topological polar surface area (TPSA) is 55.9 Å². The van der Waals surface area contributed by atoms with E-state index in [0.29, 0.717) is 19.5 Å². The molecule has 1 unspecified atom stereocenters. The van der Waals surface area contributed by atoms with E-state index >= 15 is 0 Å². The van der Waals surface area contributed by atoms with E-state index in [-0.39, 0.29) is 17.7 Å². The first-order chi connectivity index (χ1) is 16.1. The predicted octanol–water partition coefficient (Wildman–Crippen LogP) is 2.53. The summed E-state index contributed by atoms with van der Waals surface area (Å²) < 4.78 is 0. The molecule has 2 heterocycles. The molecule has 2 aliphatic heterocycles. The number of nitrogens with zero attached hydrogens (tertiary/aromatic N) is 3. The lowest BCUT2D eigenvalue weighted by atomic mass is 9.96. The van der Waals surface area contributed by atoms with Gasteiger partial charge in [-0.3, -0.25) is 14.5 Å². The van der Waals surface area contributed by atoms with Crippen molar-refractivity contribution in [2.45, 2.75) is 32.4 Å². The summed E-state index contributed by atoms with van der Waals surface area (Å²) in [6.07, 6.45) is 2.11. The zero-order valence-electron chi connectivity index (χ0n) is 19.7. The Bertz CT molecular complexity index is 925. The molecule has 176 valence electrons. The SMILES string of the molecule is CN1CCN(Cc2cccc(CNC(=O)C3CCCN(C(=O)Cc4ccccc4)C3)c2)CC1. The van der Waals surface area contributed by atoms with Gasteiger partial charge in [0.15, 0.2) is 0 Å². The summed E-state index contributed by atoms with van der Waals surface area (Å²) in [6.45, 7) is 7.16. The van der Waals surface area contributed by atoms with E-state index in [0.717, 1.165) is 63.2 Å². The number of piperazine rings is 1. The van der Waals surface area contributed by atoms with Gasteiger partial charge in [-0.2, -0.15) is 0 Å². The number of benzene rings is 2. The Kier molecular flexibility index (Phi) is 8.13. The van der Waals surface area contributed by atoms with Gasteiger partial charge in [0.25, 0.3) is 0 Å². The van der Waals surface area contributed by atoms with E-state index in [1.165, 1.54) is 5.56 Å². The number of likely N-dealkylation sites (N-methyl/N-ethyl adjacent to an activating group) is 1. The van der Waals surface area contributed by atoms with Crippen molar-refractivity contribution in [1.82, 2.24) is 20.0 Å². The molecule has 2 aromatic carbocycles. The molecule has 2 amide bonds. The minimum absolute atomic E-state index is 0.0525. The molecule has 33 heavy (non-hydrogen) atoms. The molecule has 6 heteroatoms. The van der Waals surface area contributed by atoms with Gasteiger partial charge in [0.2, 0.25) is 11.8 Å². The zero-order valence-corrected chi connectivity index (χ0v) is 19.7. The normalized spacial score (nSPS) is 19.9. The second kappa shape index (κ2) is 11.4. The fourth-order valence-electron chi connectivity index (χ4n) is 4.74. The van der Waals surface area contributed by atoms with Crippen molar-refractivity contribution >= 4 is 11.8 Å². The second-order valence-corrected chi connectivity index (χ2v) is 9.46. The molecule has 0 aromatic heterocycles. The molecular weight excluding hydrogens is 412 g/mol. The Morgan fingerprint density at radius 1 is 0.909 bits per heavy atom. The van der Waals surface area contributed by atoms with Crippen molar-refractivity contribution in [2.75, 3.05) is 46.3 Å². The summed E-state index contributed by atoms with van der Waals surface area (Å²) in [6, 6.07) is 18.3. The Morgan fingerprint density at radius 2 is 1.64 bits per heavy atom. The lowest BCUT2D eigenvalue weighted by molar-refractivity contribution is -0.135. The van der Waals surface area contributed by atoms with Gasteiger partial charge in [0.05, 0.1) is 12.3 Å². The standard InChI is InChI=1S/C27H36N4O2/c1-29-13-15-30(16-14-29)20-24-10-5-9-23(17-24)19-28-27(33)25-11-6-12-31(21-25)26(32)18-22-7-3-2-4-8-22/h2-5,7-10,17,25H,6,11-16,18-21H2,1H3,(H,28,33). The maximum absolute atomic E-state index is 12.9. The van der Waals surface area contributed by atoms with Gasteiger partial charge >= 0.3 is 0 Å². The third-order valence-corrected chi connectivity index (χ3v) is 6.80. The van der Waals surface area contributed by atoms with Crippen molar-refractivity contribution in [3.8, 4) is 0 Å². The molecule has 2 fully saturated rings. The molecule has 4 rings (SSSR count). The molecule has 0 saturated carbocycles. The highest BCUT2D eigenvalue weighted by atomic mass is 16.2. The molecule has 1 N–H and O–H groups in total. The minimum atomic E-state index is -0.132. The number of carbonyl (C=O) groups excluding carboxylic acids is 2. The fourth-order valence-corrected chi connectivity index (χ4v) is 4.74. The van der Waals surface area contributed by atoms with Crippen LogP contribution in [0.15, 0.2) is 54.6 Å². The van der Waals surface area contributed by atoms with Gasteiger partial charge in [-0.1, -0.05) is 54.6 Å². The van der Waals surface area contributed by atoms with E-state index in [1.54, 1.807) is 0 Å². The molecule has 2 aromatic rings. The monoisotopic (exact) mass is 448 g/mol. The Hall–Kier alpha value is -2.70. The molecule has 1 atom stereocenters. The summed E-state index contributed by atoms with van der Waals surface area (Å²) in [4.78, 5) is 32.3. The number of piperidine rings is 1. The van der Waals surface area contributed by atoms with Gasteiger partial charge < -0.3 is 15.1 Å². The summed E-state index contributed by atoms with van der Waals surface area (Å²) >= 11 is 0. The van der Waals surface area contributed by atoms with Gasteiger partial charge in [0.1, 0.15) is 0 Å². The van der Waals surface area contributed by atoms with E-state index < -0.39 is 0 Å². The highest BCUT2D eigenvalue weighted by Crippen LogP contribution is 2.18. The summed E-state index contributed by atoms with van der Waals surface area (Å²) in [5.41, 5.74) is 3.44. The quantitative estimate of drug-likeness (QED) is 0.707. The van der Waals surface area contributed by atoms with Gasteiger partial charge in [0, 0.05) is 52.4 Å². The van der Waals surface area contributed by atoms with Crippen molar-refractivity contribution in [1.29, 1.82) is 0 Å². The second-order valence-electron chi connectivity index (χ2n) is 9.46. The first-order valence-electron chi connectivity index (χ1n) is 12.1. The fraction of sp³-hybridized carbons (Fsp3) is 0.481. The third kappa shape index (κ3) is 6.89. The molecule has 0 aliphatic carbocycles. The van der Waals surface area contributed by atoms with Gasteiger partial charge in [-0.25, -0.2) is 0 Å². The van der Waals surface area contributed by atoms with Crippen molar-refractivity contribution < 1.29 is 9.59 Å². The molecular formula is C27H36N4O2. The first-order valence-corrected chi connectivity index (χ1v) is 12.1. The van der Waals surface area contributed by atoms with Crippen LogP contribution in [0.5, 0.6) is 0 Å². The van der Waals surface area contributed by atoms with Crippen LogP contribution in [0.4, 0.5) is 0 Å². The molecule has 2 saturated heterocycles. The number of amides is 2. The largest absolute Gasteiger partial charge is 0.352 e. The Balaban J connectivity index is 1.25. The molecule has 0 radical (unpaired) electrons. The van der Waals surface area contributed by atoms with E-state index in [1.807, 2.05) is 35.2 Å². The smallest absolute Gasteiger partial charge is 0.227 e. The van der Waals surface area contributed by atoms with Crippen LogP contribution in [0.25, 0.3) is 0 Å². The van der Waals surface area contributed by atoms with Crippen molar-refractivity contribution in [3.63, 3.8) is 0 Å². The summed E-state index contributed by atoms with van der Waals surface area (Å²) in [7, 11) is 2.17. The highest BCUT2D eigenvalue weighted by molar-refractivity contribution is 5.82. The molecule has 2 aliphatic rings. The Morgan fingerprint density at radius 3 is 2.42 bits per heavy atom. The van der Waals surface area contributed by atoms with Crippen LogP contribution in [-0.4, -0.2) is 72.8 Å². The van der Waals surface area contributed by atoms with Crippen LogP contribution in [0, 0.1) is 5.92 Å². The molecule has 0 spiro atoms. The lowest BCUT2D eigenvalue weighted by Gasteiger charge is -2.32. The number of hydrogen-bond acceptors (Lipinski definition) is 4. The van der Waals surface area contributed by atoms with Gasteiger partial charge in [-0.15, -0.1) is 0 Å². The van der Waals surface area contributed by atoms with Crippen LogP contribution in [0.1, 0.15) is 29.5 Å². The summed E-state index contributed by atoms with van der Waals surface area (Å²) in [5, 5.41) is 3.12. The van der Waals surface area contributed by atoms with E-state index in [9.17, 15) is 9.59 Å². The zero-order chi connectivity index (χ0) is 23.0. The minimum Gasteiger partial charge on any atom is -0.352 e.